The van der Waals surface area contributed by atoms with Gasteiger partial charge < -0.3 is 14.8 Å². The Bertz CT molecular complexity index is 882. The lowest BCUT2D eigenvalue weighted by Crippen LogP contribution is -2.34. The number of carbonyl (C=O) groups is 1. The topological polar surface area (TPSA) is 63.1 Å². The van der Waals surface area contributed by atoms with Gasteiger partial charge in [-0.25, -0.2) is 9.97 Å². The zero-order chi connectivity index (χ0) is 18.0. The SMILES string of the molecule is Cc1ccc(C(CNC(=O)c2cnc3c(c2)ncn3C)N(C)C)cc1. The van der Waals surface area contributed by atoms with Crippen LogP contribution in [0.3, 0.4) is 0 Å². The average Bonchev–Trinajstić information content (AvgIpc) is 2.97. The van der Waals surface area contributed by atoms with E-state index in [1.807, 2.05) is 25.7 Å². The van der Waals surface area contributed by atoms with Crippen LogP contribution < -0.4 is 5.32 Å². The molecule has 0 saturated heterocycles. The standard InChI is InChI=1S/C19H23N5O/c1-13-5-7-14(8-6-13)17(23(2)3)11-21-19(25)15-9-16-18(20-10-15)24(4)12-22-16/h5-10,12,17H,11H2,1-4H3,(H,21,25). The number of imidazole rings is 1. The van der Waals surface area contributed by atoms with Crippen LogP contribution in [0.5, 0.6) is 0 Å². The van der Waals surface area contributed by atoms with Gasteiger partial charge >= 0.3 is 0 Å². The second-order valence-electron chi connectivity index (χ2n) is 6.52. The number of hydrogen-bond acceptors (Lipinski definition) is 4. The van der Waals surface area contributed by atoms with Gasteiger partial charge in [-0.3, -0.25) is 4.79 Å². The number of pyridine rings is 1. The summed E-state index contributed by atoms with van der Waals surface area (Å²) < 4.78 is 1.83. The molecule has 0 spiro atoms. The lowest BCUT2D eigenvalue weighted by molar-refractivity contribution is 0.0941. The summed E-state index contributed by atoms with van der Waals surface area (Å²) in [6.45, 7) is 2.59. The predicted molar refractivity (Wildman–Crippen MR) is 98.4 cm³/mol. The molecule has 1 unspecified atom stereocenters. The van der Waals surface area contributed by atoms with E-state index in [9.17, 15) is 4.79 Å². The van der Waals surface area contributed by atoms with E-state index < -0.39 is 0 Å². The molecule has 25 heavy (non-hydrogen) atoms. The first-order valence-electron chi connectivity index (χ1n) is 8.24. The minimum absolute atomic E-state index is 0.107. The summed E-state index contributed by atoms with van der Waals surface area (Å²) in [5.74, 6) is -0.140. The molecule has 1 amide bonds. The number of likely N-dealkylation sites (N-methyl/N-ethyl adjacent to an activating group) is 1. The second kappa shape index (κ2) is 7.03. The smallest absolute Gasteiger partial charge is 0.252 e. The molecule has 0 aliphatic heterocycles. The number of fused-ring (bicyclic) bond motifs is 1. The fraction of sp³-hybridized carbons (Fsp3) is 0.316. The van der Waals surface area contributed by atoms with Gasteiger partial charge in [-0.1, -0.05) is 29.8 Å². The van der Waals surface area contributed by atoms with Gasteiger partial charge in [0.25, 0.3) is 5.91 Å². The highest BCUT2D eigenvalue weighted by molar-refractivity contribution is 5.96. The van der Waals surface area contributed by atoms with Crippen molar-refractivity contribution in [2.75, 3.05) is 20.6 Å². The van der Waals surface area contributed by atoms with Crippen molar-refractivity contribution in [2.45, 2.75) is 13.0 Å². The van der Waals surface area contributed by atoms with E-state index >= 15 is 0 Å². The Hall–Kier alpha value is -2.73. The molecule has 0 radical (unpaired) electrons. The maximum absolute atomic E-state index is 12.5. The third-order valence-corrected chi connectivity index (χ3v) is 4.35. The molecule has 3 rings (SSSR count). The molecule has 2 aromatic heterocycles. The van der Waals surface area contributed by atoms with Crippen LogP contribution in [0.25, 0.3) is 11.2 Å². The van der Waals surface area contributed by atoms with Gasteiger partial charge in [-0.05, 0) is 32.6 Å². The van der Waals surface area contributed by atoms with Gasteiger partial charge in [0.2, 0.25) is 0 Å². The molecular weight excluding hydrogens is 314 g/mol. The molecule has 0 bridgehead atoms. The van der Waals surface area contributed by atoms with E-state index in [4.69, 9.17) is 0 Å². The highest BCUT2D eigenvalue weighted by Crippen LogP contribution is 2.18. The Morgan fingerprint density at radius 3 is 2.64 bits per heavy atom. The quantitative estimate of drug-likeness (QED) is 0.776. The third kappa shape index (κ3) is 3.69. The molecule has 3 aromatic rings. The number of hydrogen-bond donors (Lipinski definition) is 1. The fourth-order valence-corrected chi connectivity index (χ4v) is 2.82. The van der Waals surface area contributed by atoms with Crippen LogP contribution in [-0.2, 0) is 7.05 Å². The number of aromatic nitrogens is 3. The molecule has 6 nitrogen and oxygen atoms in total. The summed E-state index contributed by atoms with van der Waals surface area (Å²) in [7, 11) is 5.90. The normalized spacial score (nSPS) is 12.5. The molecule has 2 heterocycles. The molecule has 1 N–H and O–H groups in total. The number of nitrogens with zero attached hydrogens (tertiary/aromatic N) is 4. The van der Waals surface area contributed by atoms with Gasteiger partial charge in [-0.15, -0.1) is 0 Å². The lowest BCUT2D eigenvalue weighted by atomic mass is 10.0. The minimum Gasteiger partial charge on any atom is -0.350 e. The lowest BCUT2D eigenvalue weighted by Gasteiger charge is -2.25. The molecule has 6 heteroatoms. The first kappa shape index (κ1) is 17.1. The number of carbonyl (C=O) groups excluding carboxylic acids is 1. The van der Waals surface area contributed by atoms with Gasteiger partial charge in [0.15, 0.2) is 5.65 Å². The third-order valence-electron chi connectivity index (χ3n) is 4.35. The van der Waals surface area contributed by atoms with Crippen LogP contribution in [0.2, 0.25) is 0 Å². The van der Waals surface area contributed by atoms with Crippen molar-refractivity contribution in [3.8, 4) is 0 Å². The van der Waals surface area contributed by atoms with Crippen LogP contribution >= 0.6 is 0 Å². The van der Waals surface area contributed by atoms with E-state index in [0.29, 0.717) is 12.1 Å². The van der Waals surface area contributed by atoms with Gasteiger partial charge in [0.1, 0.15) is 5.52 Å². The van der Waals surface area contributed by atoms with Gasteiger partial charge in [0.05, 0.1) is 17.9 Å². The second-order valence-corrected chi connectivity index (χ2v) is 6.52. The molecule has 0 aliphatic rings. The number of benzene rings is 1. The van der Waals surface area contributed by atoms with Crippen molar-refractivity contribution >= 4 is 17.1 Å². The van der Waals surface area contributed by atoms with Crippen LogP contribution in [0, 0.1) is 6.92 Å². The largest absolute Gasteiger partial charge is 0.350 e. The summed E-state index contributed by atoms with van der Waals surface area (Å²) in [6, 6.07) is 10.3. The first-order valence-corrected chi connectivity index (χ1v) is 8.24. The Balaban J connectivity index is 1.73. The number of nitrogens with one attached hydrogen (secondary N) is 1. The first-order chi connectivity index (χ1) is 12.0. The van der Waals surface area contributed by atoms with E-state index in [2.05, 4.69) is 51.4 Å². The van der Waals surface area contributed by atoms with Crippen molar-refractivity contribution < 1.29 is 4.79 Å². The van der Waals surface area contributed by atoms with Crippen LogP contribution in [0.15, 0.2) is 42.9 Å². The Labute approximate surface area is 147 Å². The molecular formula is C19H23N5O. The van der Waals surface area contributed by atoms with Crippen molar-refractivity contribution in [1.82, 2.24) is 24.8 Å². The van der Waals surface area contributed by atoms with E-state index in [1.165, 1.54) is 11.1 Å². The molecule has 0 saturated carbocycles. The maximum atomic E-state index is 12.5. The zero-order valence-electron chi connectivity index (χ0n) is 15.0. The predicted octanol–water partition coefficient (Wildman–Crippen LogP) is 2.31. The molecule has 0 fully saturated rings. The van der Waals surface area contributed by atoms with E-state index in [1.54, 1.807) is 18.6 Å². The number of aryl methyl sites for hydroxylation is 2. The van der Waals surface area contributed by atoms with Crippen LogP contribution in [0.4, 0.5) is 0 Å². The van der Waals surface area contributed by atoms with Crippen molar-refractivity contribution in [3.05, 3.63) is 59.5 Å². The van der Waals surface area contributed by atoms with Gasteiger partial charge in [0, 0.05) is 19.8 Å². The Morgan fingerprint density at radius 1 is 1.24 bits per heavy atom. The zero-order valence-corrected chi connectivity index (χ0v) is 15.0. The summed E-state index contributed by atoms with van der Waals surface area (Å²) in [6.07, 6.45) is 3.29. The Morgan fingerprint density at radius 2 is 1.96 bits per heavy atom. The van der Waals surface area contributed by atoms with Gasteiger partial charge in [-0.2, -0.15) is 0 Å². The van der Waals surface area contributed by atoms with Crippen molar-refractivity contribution in [1.29, 1.82) is 0 Å². The fourth-order valence-electron chi connectivity index (χ4n) is 2.82. The van der Waals surface area contributed by atoms with Crippen molar-refractivity contribution in [3.63, 3.8) is 0 Å². The summed E-state index contributed by atoms with van der Waals surface area (Å²) in [4.78, 5) is 23.2. The molecule has 1 atom stereocenters. The molecule has 0 aliphatic carbocycles. The maximum Gasteiger partial charge on any atom is 0.252 e. The van der Waals surface area contributed by atoms with Crippen molar-refractivity contribution in [2.24, 2.45) is 7.05 Å². The van der Waals surface area contributed by atoms with Crippen LogP contribution in [0.1, 0.15) is 27.5 Å². The highest BCUT2D eigenvalue weighted by Gasteiger charge is 2.16. The molecule has 1 aromatic carbocycles. The number of rotatable bonds is 5. The van der Waals surface area contributed by atoms with E-state index in [-0.39, 0.29) is 11.9 Å². The molecule has 130 valence electrons. The van der Waals surface area contributed by atoms with E-state index in [0.717, 1.165) is 11.2 Å². The van der Waals surface area contributed by atoms with Crippen LogP contribution in [-0.4, -0.2) is 46.0 Å². The summed E-state index contributed by atoms with van der Waals surface area (Å²) in [5, 5.41) is 3.01. The highest BCUT2D eigenvalue weighted by atomic mass is 16.1. The summed E-state index contributed by atoms with van der Waals surface area (Å²) >= 11 is 0. The monoisotopic (exact) mass is 337 g/mol. The number of amides is 1. The minimum atomic E-state index is -0.140. The summed E-state index contributed by atoms with van der Waals surface area (Å²) in [5.41, 5.74) is 4.40. The Kier molecular flexibility index (Phi) is 4.81. The average molecular weight is 337 g/mol.